The summed E-state index contributed by atoms with van der Waals surface area (Å²) in [5, 5.41) is 11.5. The summed E-state index contributed by atoms with van der Waals surface area (Å²) in [4.78, 5) is 9.36. The molecule has 2 atom stereocenters. The van der Waals surface area contributed by atoms with Gasteiger partial charge in [0.2, 0.25) is 0 Å². The molecule has 0 saturated heterocycles. The summed E-state index contributed by atoms with van der Waals surface area (Å²) in [6.45, 7) is 6.96. The number of aromatic nitrogens is 3. The molecule has 8 heteroatoms. The van der Waals surface area contributed by atoms with Gasteiger partial charge in [0, 0.05) is 38.6 Å². The molecule has 0 saturated carbocycles. The van der Waals surface area contributed by atoms with E-state index < -0.39 is 0 Å². The van der Waals surface area contributed by atoms with Crippen molar-refractivity contribution in [2.45, 2.75) is 51.8 Å². The maximum Gasteiger partial charge on any atom is 0.191 e. The first-order valence-corrected chi connectivity index (χ1v) is 10.2. The number of nitrogens with one attached hydrogen (secondary N) is 2. The molecule has 2 unspecified atom stereocenters. The molecule has 0 bridgehead atoms. The normalized spacial score (nSPS) is 17.5. The highest BCUT2D eigenvalue weighted by molar-refractivity contribution is 5.80. The molecular formula is C21H32N6O2. The van der Waals surface area contributed by atoms with E-state index in [2.05, 4.69) is 40.6 Å². The quantitative estimate of drug-likeness (QED) is 0.521. The molecule has 1 aromatic carbocycles. The number of hydrogen-bond acceptors (Lipinski definition) is 5. The minimum atomic E-state index is 0.256. The summed E-state index contributed by atoms with van der Waals surface area (Å²) < 4.78 is 12.6. The first-order chi connectivity index (χ1) is 14.1. The molecule has 158 valence electrons. The van der Waals surface area contributed by atoms with Crippen molar-refractivity contribution in [3.8, 4) is 5.75 Å². The van der Waals surface area contributed by atoms with Crippen LogP contribution in [0.15, 0.2) is 29.3 Å². The maximum absolute atomic E-state index is 5.49. The van der Waals surface area contributed by atoms with Gasteiger partial charge in [-0.1, -0.05) is 25.1 Å². The number of benzene rings is 1. The van der Waals surface area contributed by atoms with Crippen LogP contribution in [0.1, 0.15) is 43.4 Å². The Labute approximate surface area is 172 Å². The molecule has 0 aliphatic carbocycles. The van der Waals surface area contributed by atoms with E-state index in [0.29, 0.717) is 13.2 Å². The number of hydrogen-bond donors (Lipinski definition) is 2. The molecule has 1 aliphatic rings. The van der Waals surface area contributed by atoms with Crippen LogP contribution in [-0.2, 0) is 24.3 Å². The van der Waals surface area contributed by atoms with Crippen LogP contribution in [0.25, 0.3) is 0 Å². The Kier molecular flexibility index (Phi) is 7.46. The number of ether oxygens (including phenoxy) is 2. The fourth-order valence-electron chi connectivity index (χ4n) is 3.58. The van der Waals surface area contributed by atoms with Crippen LogP contribution in [-0.4, -0.2) is 54.1 Å². The van der Waals surface area contributed by atoms with Crippen molar-refractivity contribution in [2.24, 2.45) is 4.99 Å². The zero-order valence-corrected chi connectivity index (χ0v) is 17.8. The molecule has 0 spiro atoms. The number of fused-ring (bicyclic) bond motifs is 1. The van der Waals surface area contributed by atoms with Crippen LogP contribution in [0.2, 0.25) is 0 Å². The Morgan fingerprint density at radius 1 is 1.34 bits per heavy atom. The minimum Gasteiger partial charge on any atom is -0.496 e. The Balaban J connectivity index is 1.63. The lowest BCUT2D eigenvalue weighted by Gasteiger charge is -2.25. The highest BCUT2D eigenvalue weighted by Crippen LogP contribution is 2.26. The first-order valence-electron chi connectivity index (χ1n) is 10.2. The van der Waals surface area contributed by atoms with Crippen LogP contribution in [0.4, 0.5) is 0 Å². The summed E-state index contributed by atoms with van der Waals surface area (Å²) in [5.74, 6) is 3.77. The second-order valence-corrected chi connectivity index (χ2v) is 7.30. The number of aryl methyl sites for hydroxylation is 1. The van der Waals surface area contributed by atoms with Gasteiger partial charge in [-0.2, -0.15) is 5.10 Å². The fraction of sp³-hybridized carbons (Fsp3) is 0.571. The van der Waals surface area contributed by atoms with Crippen molar-refractivity contribution < 1.29 is 9.47 Å². The second-order valence-electron chi connectivity index (χ2n) is 7.30. The van der Waals surface area contributed by atoms with Gasteiger partial charge >= 0.3 is 0 Å². The van der Waals surface area contributed by atoms with E-state index in [-0.39, 0.29) is 12.0 Å². The number of guanidine groups is 1. The van der Waals surface area contributed by atoms with Gasteiger partial charge in [0.25, 0.3) is 0 Å². The van der Waals surface area contributed by atoms with Crippen molar-refractivity contribution in [3.63, 3.8) is 0 Å². The van der Waals surface area contributed by atoms with Gasteiger partial charge in [0.15, 0.2) is 11.8 Å². The van der Waals surface area contributed by atoms with Crippen molar-refractivity contribution in [1.29, 1.82) is 0 Å². The summed E-state index contributed by atoms with van der Waals surface area (Å²) in [6.07, 6.45) is 1.89. The molecule has 29 heavy (non-hydrogen) atoms. The average Bonchev–Trinajstić information content (AvgIpc) is 3.14. The largest absolute Gasteiger partial charge is 0.496 e. The average molecular weight is 401 g/mol. The lowest BCUT2D eigenvalue weighted by molar-refractivity contribution is 0.177. The summed E-state index contributed by atoms with van der Waals surface area (Å²) >= 11 is 0. The fourth-order valence-corrected chi connectivity index (χ4v) is 3.58. The lowest BCUT2D eigenvalue weighted by atomic mass is 10.0. The van der Waals surface area contributed by atoms with Crippen LogP contribution < -0.4 is 15.4 Å². The highest BCUT2D eigenvalue weighted by Gasteiger charge is 2.22. The van der Waals surface area contributed by atoms with Gasteiger partial charge in [-0.3, -0.25) is 4.99 Å². The molecule has 2 aromatic rings. The monoisotopic (exact) mass is 400 g/mol. The van der Waals surface area contributed by atoms with Crippen LogP contribution in [0.3, 0.4) is 0 Å². The number of para-hydroxylation sites is 1. The van der Waals surface area contributed by atoms with Crippen molar-refractivity contribution in [2.75, 3.05) is 27.3 Å². The third kappa shape index (κ3) is 5.47. The molecule has 1 aliphatic heterocycles. The Morgan fingerprint density at radius 2 is 2.17 bits per heavy atom. The van der Waals surface area contributed by atoms with Crippen molar-refractivity contribution in [3.05, 3.63) is 41.5 Å². The smallest absolute Gasteiger partial charge is 0.191 e. The molecule has 1 aromatic heterocycles. The van der Waals surface area contributed by atoms with Gasteiger partial charge in [-0.25, -0.2) is 9.67 Å². The van der Waals surface area contributed by atoms with E-state index in [4.69, 9.17) is 14.5 Å². The third-order valence-corrected chi connectivity index (χ3v) is 5.05. The second kappa shape index (κ2) is 10.2. The third-order valence-electron chi connectivity index (χ3n) is 5.05. The van der Waals surface area contributed by atoms with Gasteiger partial charge in [0.05, 0.1) is 13.7 Å². The molecule has 3 rings (SSSR count). The topological polar surface area (TPSA) is 85.6 Å². The van der Waals surface area contributed by atoms with E-state index in [1.165, 1.54) is 5.56 Å². The summed E-state index contributed by atoms with van der Waals surface area (Å²) in [7, 11) is 3.37. The predicted octanol–water partition coefficient (Wildman–Crippen LogP) is 2.11. The van der Waals surface area contributed by atoms with E-state index in [1.54, 1.807) is 14.2 Å². The Morgan fingerprint density at radius 3 is 2.93 bits per heavy atom. The van der Waals surface area contributed by atoms with E-state index in [0.717, 1.165) is 49.3 Å². The standard InChI is InChI=1S/C21H32N6O2/c1-5-22-21(23-12-15(2)17-8-6-7-9-18(17)29-4)24-16-10-11-20-25-19(14-28-3)26-27(20)13-16/h6-9,15-16H,5,10-14H2,1-4H3,(H2,22,23,24). The zero-order chi connectivity index (χ0) is 20.6. The predicted molar refractivity (Wildman–Crippen MR) is 113 cm³/mol. The van der Waals surface area contributed by atoms with Gasteiger partial charge in [-0.15, -0.1) is 0 Å². The Bertz CT molecular complexity index is 819. The number of nitrogens with zero attached hydrogens (tertiary/aromatic N) is 4. The first kappa shape index (κ1) is 21.1. The minimum absolute atomic E-state index is 0.256. The van der Waals surface area contributed by atoms with Crippen molar-refractivity contribution in [1.82, 2.24) is 25.4 Å². The van der Waals surface area contributed by atoms with E-state index >= 15 is 0 Å². The number of methoxy groups -OCH3 is 2. The van der Waals surface area contributed by atoms with Gasteiger partial charge < -0.3 is 20.1 Å². The molecule has 2 N–H and O–H groups in total. The molecule has 2 heterocycles. The number of aliphatic imine (C=N–C) groups is 1. The summed E-state index contributed by atoms with van der Waals surface area (Å²) in [5.41, 5.74) is 1.17. The van der Waals surface area contributed by atoms with Crippen LogP contribution in [0.5, 0.6) is 5.75 Å². The van der Waals surface area contributed by atoms with E-state index in [1.807, 2.05) is 22.9 Å². The Hall–Kier alpha value is -2.61. The number of rotatable bonds is 8. The molecule has 8 nitrogen and oxygen atoms in total. The van der Waals surface area contributed by atoms with Gasteiger partial charge in [0.1, 0.15) is 18.2 Å². The molecule has 0 fully saturated rings. The lowest BCUT2D eigenvalue weighted by Crippen LogP contribution is -2.47. The van der Waals surface area contributed by atoms with E-state index in [9.17, 15) is 0 Å². The molecule has 0 amide bonds. The van der Waals surface area contributed by atoms with Crippen LogP contribution in [0, 0.1) is 0 Å². The highest BCUT2D eigenvalue weighted by atomic mass is 16.5. The van der Waals surface area contributed by atoms with Crippen molar-refractivity contribution >= 4 is 5.96 Å². The molecule has 0 radical (unpaired) electrons. The van der Waals surface area contributed by atoms with Crippen LogP contribution >= 0.6 is 0 Å². The van der Waals surface area contributed by atoms with Gasteiger partial charge in [-0.05, 0) is 25.0 Å². The molecular weight excluding hydrogens is 368 g/mol. The SMILES string of the molecule is CCNC(=NCC(C)c1ccccc1OC)NC1CCc2nc(COC)nn2C1. The zero-order valence-electron chi connectivity index (χ0n) is 17.8. The maximum atomic E-state index is 5.49. The summed E-state index contributed by atoms with van der Waals surface area (Å²) in [6, 6.07) is 8.39.